The summed E-state index contributed by atoms with van der Waals surface area (Å²) in [7, 11) is 0. The van der Waals surface area contributed by atoms with E-state index >= 15 is 0 Å². The van der Waals surface area contributed by atoms with E-state index in [1.54, 1.807) is 12.1 Å². The maximum atomic E-state index is 14.0. The second-order valence-electron chi connectivity index (χ2n) is 8.31. The molecule has 0 saturated heterocycles. The van der Waals surface area contributed by atoms with Gasteiger partial charge >= 0.3 is 11.9 Å². The second kappa shape index (κ2) is 9.95. The lowest BCUT2D eigenvalue weighted by Gasteiger charge is -2.11. The van der Waals surface area contributed by atoms with Crippen LogP contribution in [0.1, 0.15) is 20.7 Å². The van der Waals surface area contributed by atoms with Gasteiger partial charge in [0.1, 0.15) is 22.6 Å². The van der Waals surface area contributed by atoms with Crippen LogP contribution in [0.5, 0.6) is 11.5 Å². The Labute approximate surface area is 218 Å². The van der Waals surface area contributed by atoms with Crippen LogP contribution in [0.25, 0.3) is 21.5 Å². The van der Waals surface area contributed by atoms with E-state index in [-0.39, 0.29) is 23.6 Å². The zero-order valence-electron chi connectivity index (χ0n) is 19.4. The van der Waals surface area contributed by atoms with Crippen molar-refractivity contribution >= 4 is 33.5 Å². The van der Waals surface area contributed by atoms with Gasteiger partial charge in [-0.2, -0.15) is 0 Å². The van der Waals surface area contributed by atoms with Gasteiger partial charge in [0.25, 0.3) is 0 Å². The van der Waals surface area contributed by atoms with Crippen LogP contribution in [-0.4, -0.2) is 11.9 Å². The minimum absolute atomic E-state index is 0.148. The van der Waals surface area contributed by atoms with Gasteiger partial charge in [-0.3, -0.25) is 0 Å². The molecule has 0 heterocycles. The predicted molar refractivity (Wildman–Crippen MR) is 124 cm³/mol. The summed E-state index contributed by atoms with van der Waals surface area (Å²) in [5, 5.41) is 1.83. The molecule has 5 aromatic carbocycles. The largest absolute Gasteiger partial charge is 0.423 e. The lowest BCUT2D eigenvalue weighted by molar-refractivity contribution is 0.0718. The molecular formula is C28H10F8O4. The minimum atomic E-state index is -2.19. The molecule has 0 aromatic heterocycles. The number of ether oxygens (including phenoxy) is 2. The van der Waals surface area contributed by atoms with Crippen molar-refractivity contribution in [3.05, 3.63) is 118 Å². The highest BCUT2D eigenvalue weighted by molar-refractivity contribution is 6.09. The summed E-state index contributed by atoms with van der Waals surface area (Å²) in [5.74, 6) is -19.5. The Morgan fingerprint density at radius 2 is 0.800 bits per heavy atom. The molecule has 202 valence electrons. The van der Waals surface area contributed by atoms with E-state index in [1.807, 2.05) is 0 Å². The van der Waals surface area contributed by atoms with Gasteiger partial charge in [-0.1, -0.05) is 24.3 Å². The fourth-order valence-electron chi connectivity index (χ4n) is 3.90. The van der Waals surface area contributed by atoms with Crippen LogP contribution >= 0.6 is 0 Å². The Morgan fingerprint density at radius 1 is 0.450 bits per heavy atom. The molecule has 0 N–H and O–H groups in total. The number of rotatable bonds is 4. The number of esters is 2. The van der Waals surface area contributed by atoms with Crippen LogP contribution < -0.4 is 9.47 Å². The van der Waals surface area contributed by atoms with Gasteiger partial charge in [0, 0.05) is 0 Å². The number of hydrogen-bond donors (Lipinski definition) is 0. The van der Waals surface area contributed by atoms with Crippen LogP contribution in [0.3, 0.4) is 0 Å². The first-order chi connectivity index (χ1) is 19.0. The summed E-state index contributed by atoms with van der Waals surface area (Å²) in [6, 6.07) is 11.7. The summed E-state index contributed by atoms with van der Waals surface area (Å²) < 4.78 is 119. The van der Waals surface area contributed by atoms with Gasteiger partial charge in [0.15, 0.2) is 46.5 Å². The lowest BCUT2D eigenvalue weighted by atomic mass is 10.0. The Kier molecular flexibility index (Phi) is 6.62. The third-order valence-corrected chi connectivity index (χ3v) is 5.85. The maximum absolute atomic E-state index is 14.0. The van der Waals surface area contributed by atoms with Crippen LogP contribution in [0.15, 0.2) is 60.7 Å². The third kappa shape index (κ3) is 4.57. The van der Waals surface area contributed by atoms with Crippen molar-refractivity contribution in [3.63, 3.8) is 0 Å². The Hall–Kier alpha value is -5.00. The van der Waals surface area contributed by atoms with Crippen molar-refractivity contribution in [3.8, 4) is 11.5 Å². The molecule has 12 heteroatoms. The number of carbonyl (C=O) groups excluding carboxylic acids is 2. The number of halogens is 8. The van der Waals surface area contributed by atoms with E-state index in [4.69, 9.17) is 9.47 Å². The normalized spacial score (nSPS) is 11.2. The minimum Gasteiger partial charge on any atom is -0.423 e. The molecule has 4 nitrogen and oxygen atoms in total. The summed E-state index contributed by atoms with van der Waals surface area (Å²) in [6.07, 6.45) is 0. The number of fused-ring (bicyclic) bond motifs is 3. The fourth-order valence-corrected chi connectivity index (χ4v) is 3.90. The summed E-state index contributed by atoms with van der Waals surface area (Å²) in [5.41, 5.74) is -2.38. The maximum Gasteiger partial charge on any atom is 0.346 e. The molecule has 0 radical (unpaired) electrons. The first-order valence-electron chi connectivity index (χ1n) is 11.0. The quantitative estimate of drug-likeness (QED) is 0.0567. The average molecular weight is 562 g/mol. The van der Waals surface area contributed by atoms with Gasteiger partial charge in [0.05, 0.1) is 0 Å². The van der Waals surface area contributed by atoms with Crippen molar-refractivity contribution in [1.82, 2.24) is 0 Å². The molecule has 0 atom stereocenters. The lowest BCUT2D eigenvalue weighted by Crippen LogP contribution is -2.14. The fraction of sp³-hybridized carbons (Fsp3) is 0. The van der Waals surface area contributed by atoms with E-state index in [9.17, 15) is 44.7 Å². The van der Waals surface area contributed by atoms with Gasteiger partial charge in [0.2, 0.25) is 0 Å². The molecule has 0 spiro atoms. The molecule has 0 fully saturated rings. The van der Waals surface area contributed by atoms with Crippen molar-refractivity contribution < 1.29 is 54.2 Å². The number of benzene rings is 5. The Bertz CT molecular complexity index is 1750. The first kappa shape index (κ1) is 26.6. The third-order valence-electron chi connectivity index (χ3n) is 5.85. The van der Waals surface area contributed by atoms with Crippen LogP contribution in [0.2, 0.25) is 0 Å². The smallest absolute Gasteiger partial charge is 0.346 e. The average Bonchev–Trinajstić information content (AvgIpc) is 2.94. The second-order valence-corrected chi connectivity index (χ2v) is 8.31. The Morgan fingerprint density at radius 3 is 1.18 bits per heavy atom. The summed E-state index contributed by atoms with van der Waals surface area (Å²) in [4.78, 5) is 24.7. The van der Waals surface area contributed by atoms with E-state index in [2.05, 4.69) is 0 Å². The van der Waals surface area contributed by atoms with Crippen LogP contribution in [0, 0.1) is 46.5 Å². The molecule has 0 aliphatic rings. The molecule has 0 saturated carbocycles. The zero-order chi connectivity index (χ0) is 28.9. The standard InChI is InChI=1S/C28H10F8O4/c29-19-9-17(21(31)25(35)23(19)33)27(37)39-13-5-3-11-1-2-12-4-6-14(8-16(12)15(11)7-13)40-28(38)18-10-20(30)24(34)26(36)22(18)32/h1-10H. The highest BCUT2D eigenvalue weighted by atomic mass is 19.2. The molecule has 40 heavy (non-hydrogen) atoms. The molecule has 0 bridgehead atoms. The molecular weight excluding hydrogens is 552 g/mol. The van der Waals surface area contributed by atoms with Crippen molar-refractivity contribution in [2.75, 3.05) is 0 Å². The van der Waals surface area contributed by atoms with Crippen LogP contribution in [0.4, 0.5) is 35.1 Å². The zero-order valence-corrected chi connectivity index (χ0v) is 19.4. The number of carbonyl (C=O) groups is 2. The van der Waals surface area contributed by atoms with E-state index in [0.29, 0.717) is 21.5 Å². The summed E-state index contributed by atoms with van der Waals surface area (Å²) in [6.45, 7) is 0. The SMILES string of the molecule is O=C(Oc1ccc2ccc3ccc(OC(=O)c4cc(F)c(F)c(F)c4F)cc3c2c1)c1cc(F)c(F)c(F)c1F. The number of hydrogen-bond acceptors (Lipinski definition) is 4. The highest BCUT2D eigenvalue weighted by Gasteiger charge is 2.26. The molecule has 5 rings (SSSR count). The van der Waals surface area contributed by atoms with Gasteiger partial charge < -0.3 is 9.47 Å². The monoisotopic (exact) mass is 562 g/mol. The van der Waals surface area contributed by atoms with E-state index in [1.165, 1.54) is 36.4 Å². The summed E-state index contributed by atoms with van der Waals surface area (Å²) >= 11 is 0. The predicted octanol–water partition coefficient (Wildman–Crippen LogP) is 7.54. The van der Waals surface area contributed by atoms with Gasteiger partial charge in [-0.05, 0) is 57.9 Å². The van der Waals surface area contributed by atoms with Crippen molar-refractivity contribution in [2.45, 2.75) is 0 Å². The molecule has 0 aliphatic heterocycles. The van der Waals surface area contributed by atoms with E-state index in [0.717, 1.165) is 0 Å². The molecule has 0 unspecified atom stereocenters. The topological polar surface area (TPSA) is 52.6 Å². The van der Waals surface area contributed by atoms with Gasteiger partial charge in [-0.15, -0.1) is 0 Å². The van der Waals surface area contributed by atoms with Crippen molar-refractivity contribution in [2.24, 2.45) is 0 Å². The van der Waals surface area contributed by atoms with Crippen molar-refractivity contribution in [1.29, 1.82) is 0 Å². The Balaban J connectivity index is 1.50. The molecule has 5 aromatic rings. The first-order valence-corrected chi connectivity index (χ1v) is 11.0. The highest BCUT2D eigenvalue weighted by Crippen LogP contribution is 2.32. The molecule has 0 amide bonds. The van der Waals surface area contributed by atoms with E-state index < -0.39 is 69.6 Å². The van der Waals surface area contributed by atoms with Gasteiger partial charge in [-0.25, -0.2) is 44.7 Å². The molecule has 0 aliphatic carbocycles. The van der Waals surface area contributed by atoms with Crippen LogP contribution in [-0.2, 0) is 0 Å².